The van der Waals surface area contributed by atoms with Crippen molar-refractivity contribution >= 4 is 11.3 Å². The van der Waals surface area contributed by atoms with E-state index in [1.807, 2.05) is 11.7 Å². The summed E-state index contributed by atoms with van der Waals surface area (Å²) in [5.41, 5.74) is 9.86. The second-order valence-electron chi connectivity index (χ2n) is 4.31. The molecule has 0 aliphatic heterocycles. The first kappa shape index (κ1) is 12.3. The van der Waals surface area contributed by atoms with Gasteiger partial charge in [0.25, 0.3) is 0 Å². The van der Waals surface area contributed by atoms with Crippen LogP contribution in [0, 0.1) is 0 Å². The summed E-state index contributed by atoms with van der Waals surface area (Å²) in [7, 11) is 1.97. The fourth-order valence-corrected chi connectivity index (χ4v) is 2.67. The highest BCUT2D eigenvalue weighted by Crippen LogP contribution is 2.18. The number of aromatic nitrogens is 2. The Morgan fingerprint density at radius 1 is 1.53 bits per heavy atom. The van der Waals surface area contributed by atoms with E-state index < -0.39 is 0 Å². The quantitative estimate of drug-likeness (QED) is 0.885. The van der Waals surface area contributed by atoms with Gasteiger partial charge in [-0.2, -0.15) is 16.4 Å². The summed E-state index contributed by atoms with van der Waals surface area (Å²) in [4.78, 5) is 0. The van der Waals surface area contributed by atoms with Crippen molar-refractivity contribution < 1.29 is 0 Å². The van der Waals surface area contributed by atoms with Crippen molar-refractivity contribution in [3.05, 3.63) is 39.8 Å². The lowest BCUT2D eigenvalue weighted by Gasteiger charge is -2.11. The predicted molar refractivity (Wildman–Crippen MR) is 72.2 cm³/mol. The van der Waals surface area contributed by atoms with Crippen LogP contribution in [0.25, 0.3) is 0 Å². The number of nitrogens with zero attached hydrogens (tertiary/aromatic N) is 2. The predicted octanol–water partition coefficient (Wildman–Crippen LogP) is 2.68. The van der Waals surface area contributed by atoms with Gasteiger partial charge in [0.2, 0.25) is 0 Å². The Labute approximate surface area is 106 Å². The van der Waals surface area contributed by atoms with Crippen LogP contribution in [0.5, 0.6) is 0 Å². The van der Waals surface area contributed by atoms with Crippen LogP contribution in [0.3, 0.4) is 0 Å². The van der Waals surface area contributed by atoms with Crippen molar-refractivity contribution in [2.45, 2.75) is 32.2 Å². The van der Waals surface area contributed by atoms with Crippen LogP contribution in [0.15, 0.2) is 22.9 Å². The molecule has 0 saturated heterocycles. The highest BCUT2D eigenvalue weighted by molar-refractivity contribution is 7.07. The van der Waals surface area contributed by atoms with Crippen molar-refractivity contribution in [1.82, 2.24) is 9.78 Å². The molecule has 4 heteroatoms. The van der Waals surface area contributed by atoms with E-state index in [-0.39, 0.29) is 6.04 Å². The van der Waals surface area contributed by atoms with Crippen LogP contribution in [-0.4, -0.2) is 9.78 Å². The van der Waals surface area contributed by atoms with Gasteiger partial charge < -0.3 is 5.73 Å². The van der Waals surface area contributed by atoms with Gasteiger partial charge >= 0.3 is 0 Å². The fraction of sp³-hybridized carbons (Fsp3) is 0.462. The lowest BCUT2D eigenvalue weighted by molar-refractivity contribution is 0.580. The summed E-state index contributed by atoms with van der Waals surface area (Å²) in [6, 6.07) is 4.36. The number of rotatable bonds is 5. The van der Waals surface area contributed by atoms with Gasteiger partial charge in [-0.3, -0.25) is 4.68 Å². The normalized spacial score (nSPS) is 12.9. The Morgan fingerprint density at radius 2 is 2.35 bits per heavy atom. The summed E-state index contributed by atoms with van der Waals surface area (Å²) in [6.45, 7) is 2.11. The highest BCUT2D eigenvalue weighted by atomic mass is 32.1. The molecule has 2 heterocycles. The van der Waals surface area contributed by atoms with Crippen molar-refractivity contribution in [2.75, 3.05) is 0 Å². The van der Waals surface area contributed by atoms with Gasteiger partial charge in [0.15, 0.2) is 0 Å². The molecule has 0 amide bonds. The SMILES string of the molecule is CCc1cc(C(N)CCc2ccsc2)n(C)n1. The molecule has 0 aliphatic carbocycles. The molecule has 0 saturated carbocycles. The van der Waals surface area contributed by atoms with Gasteiger partial charge in [0, 0.05) is 13.1 Å². The Morgan fingerprint density at radius 3 is 2.94 bits per heavy atom. The van der Waals surface area contributed by atoms with Crippen LogP contribution in [0.2, 0.25) is 0 Å². The van der Waals surface area contributed by atoms with E-state index in [2.05, 4.69) is 34.9 Å². The minimum Gasteiger partial charge on any atom is -0.323 e. The standard InChI is InChI=1S/C13H19N3S/c1-3-11-8-13(16(2)15-11)12(14)5-4-10-6-7-17-9-10/h6-9,12H,3-5,14H2,1-2H3. The molecule has 0 spiro atoms. The average molecular weight is 249 g/mol. The van der Waals surface area contributed by atoms with E-state index in [9.17, 15) is 0 Å². The topological polar surface area (TPSA) is 43.8 Å². The molecule has 17 heavy (non-hydrogen) atoms. The largest absolute Gasteiger partial charge is 0.323 e. The molecule has 0 bridgehead atoms. The van der Waals surface area contributed by atoms with Crippen molar-refractivity contribution in [1.29, 1.82) is 0 Å². The van der Waals surface area contributed by atoms with E-state index in [4.69, 9.17) is 5.73 Å². The lowest BCUT2D eigenvalue weighted by Crippen LogP contribution is -2.15. The molecule has 1 unspecified atom stereocenters. The van der Waals surface area contributed by atoms with Crippen molar-refractivity contribution in [2.24, 2.45) is 12.8 Å². The van der Waals surface area contributed by atoms with Gasteiger partial charge in [0.1, 0.15) is 0 Å². The molecule has 1 atom stereocenters. The minimum atomic E-state index is 0.0766. The van der Waals surface area contributed by atoms with E-state index in [0.717, 1.165) is 30.7 Å². The second kappa shape index (κ2) is 5.47. The van der Waals surface area contributed by atoms with Crippen molar-refractivity contribution in [3.8, 4) is 0 Å². The third-order valence-corrected chi connectivity index (χ3v) is 3.76. The monoisotopic (exact) mass is 249 g/mol. The Bertz CT molecular complexity index is 459. The van der Waals surface area contributed by atoms with Gasteiger partial charge in [-0.15, -0.1) is 0 Å². The van der Waals surface area contributed by atoms with Crippen LogP contribution >= 0.6 is 11.3 Å². The maximum Gasteiger partial charge on any atom is 0.0625 e. The van der Waals surface area contributed by atoms with Crippen LogP contribution < -0.4 is 5.73 Å². The molecule has 0 fully saturated rings. The summed E-state index contributed by atoms with van der Waals surface area (Å²) in [6.07, 6.45) is 2.97. The summed E-state index contributed by atoms with van der Waals surface area (Å²) < 4.78 is 1.91. The lowest BCUT2D eigenvalue weighted by atomic mass is 10.1. The Hall–Kier alpha value is -1.13. The molecular weight excluding hydrogens is 230 g/mol. The maximum atomic E-state index is 6.22. The smallest absolute Gasteiger partial charge is 0.0625 e. The molecule has 2 aromatic rings. The first-order valence-corrected chi connectivity index (χ1v) is 6.94. The molecule has 0 aliphatic rings. The van der Waals surface area contributed by atoms with E-state index >= 15 is 0 Å². The molecular formula is C13H19N3S. The van der Waals surface area contributed by atoms with Crippen LogP contribution in [0.1, 0.15) is 36.3 Å². The third kappa shape index (κ3) is 2.96. The van der Waals surface area contributed by atoms with E-state index in [1.54, 1.807) is 11.3 Å². The Balaban J connectivity index is 1.99. The summed E-state index contributed by atoms with van der Waals surface area (Å²) >= 11 is 1.74. The first-order valence-electron chi connectivity index (χ1n) is 6.00. The van der Waals surface area contributed by atoms with Gasteiger partial charge in [-0.1, -0.05) is 6.92 Å². The molecule has 2 aromatic heterocycles. The maximum absolute atomic E-state index is 6.22. The average Bonchev–Trinajstić information content (AvgIpc) is 2.94. The number of nitrogens with two attached hydrogens (primary N) is 1. The molecule has 3 nitrogen and oxygen atoms in total. The number of hydrogen-bond donors (Lipinski definition) is 1. The number of hydrogen-bond acceptors (Lipinski definition) is 3. The molecule has 2 N–H and O–H groups in total. The zero-order valence-electron chi connectivity index (χ0n) is 10.4. The van der Waals surface area contributed by atoms with Gasteiger partial charge in [0.05, 0.1) is 11.4 Å². The third-order valence-electron chi connectivity index (χ3n) is 3.03. The molecule has 2 rings (SSSR count). The number of thiophene rings is 1. The van der Waals surface area contributed by atoms with Crippen LogP contribution in [-0.2, 0) is 19.9 Å². The zero-order valence-corrected chi connectivity index (χ0v) is 11.2. The molecule has 0 aromatic carbocycles. The van der Waals surface area contributed by atoms with E-state index in [0.29, 0.717) is 0 Å². The minimum absolute atomic E-state index is 0.0766. The first-order chi connectivity index (χ1) is 8.20. The second-order valence-corrected chi connectivity index (χ2v) is 5.09. The van der Waals surface area contributed by atoms with E-state index in [1.165, 1.54) is 5.56 Å². The highest BCUT2D eigenvalue weighted by Gasteiger charge is 2.12. The fourth-order valence-electron chi connectivity index (χ4n) is 1.97. The molecule has 0 radical (unpaired) electrons. The number of aryl methyl sites for hydroxylation is 3. The summed E-state index contributed by atoms with van der Waals surface area (Å²) in [5, 5.41) is 8.73. The molecule has 92 valence electrons. The Kier molecular flexibility index (Phi) is 3.97. The van der Waals surface area contributed by atoms with Crippen molar-refractivity contribution in [3.63, 3.8) is 0 Å². The van der Waals surface area contributed by atoms with Gasteiger partial charge in [-0.25, -0.2) is 0 Å². The zero-order chi connectivity index (χ0) is 12.3. The van der Waals surface area contributed by atoms with Gasteiger partial charge in [-0.05, 0) is 47.7 Å². The van der Waals surface area contributed by atoms with Crippen LogP contribution in [0.4, 0.5) is 0 Å². The summed E-state index contributed by atoms with van der Waals surface area (Å²) in [5.74, 6) is 0.